The molecule has 0 aliphatic carbocycles. The molecule has 4 nitrogen and oxygen atoms in total. The van der Waals surface area contributed by atoms with Crippen LogP contribution in [0, 0.1) is 0 Å². The highest BCUT2D eigenvalue weighted by Crippen LogP contribution is 2.47. The second-order valence-electron chi connectivity index (χ2n) is 8.81. The lowest BCUT2D eigenvalue weighted by molar-refractivity contribution is -0.717. The molecule has 0 saturated carbocycles. The van der Waals surface area contributed by atoms with Crippen LogP contribution in [-0.4, -0.2) is 24.9 Å². The third-order valence-electron chi connectivity index (χ3n) is 6.99. The van der Waals surface area contributed by atoms with Gasteiger partial charge in [-0.2, -0.15) is 4.57 Å². The van der Waals surface area contributed by atoms with Crippen LogP contribution in [0.5, 0.6) is 0 Å². The van der Waals surface area contributed by atoms with Crippen molar-refractivity contribution in [1.82, 2.24) is 4.90 Å². The summed E-state index contributed by atoms with van der Waals surface area (Å²) in [7, 11) is 3.84. The molecule has 2 atom stereocenters. The van der Waals surface area contributed by atoms with Crippen LogP contribution < -0.4 is 4.57 Å². The van der Waals surface area contributed by atoms with Crippen molar-refractivity contribution in [1.29, 1.82) is 0 Å². The zero-order valence-electron chi connectivity index (χ0n) is 20.4. The zero-order chi connectivity index (χ0) is 23.7. The number of pyridine rings is 1. The number of likely N-dealkylation sites (N-methyl/N-ethyl adjacent to an activating group) is 1. The van der Waals surface area contributed by atoms with Gasteiger partial charge in [0.1, 0.15) is 5.76 Å². The number of hydrogen-bond acceptors (Lipinski definition) is 3. The number of aromatic nitrogens is 1. The summed E-state index contributed by atoms with van der Waals surface area (Å²) in [6.45, 7) is 15.0. The van der Waals surface area contributed by atoms with Gasteiger partial charge in [0, 0.05) is 56.5 Å². The minimum atomic E-state index is 0.168. The van der Waals surface area contributed by atoms with Crippen molar-refractivity contribution in [3.63, 3.8) is 0 Å². The van der Waals surface area contributed by atoms with Gasteiger partial charge >= 0.3 is 0 Å². The van der Waals surface area contributed by atoms with Crippen LogP contribution in [-0.2, 0) is 4.74 Å². The fourth-order valence-electron chi connectivity index (χ4n) is 5.28. The number of hydrogen-bond donors (Lipinski definition) is 0. The first-order valence-corrected chi connectivity index (χ1v) is 11.6. The molecule has 0 N–H and O–H groups in total. The van der Waals surface area contributed by atoms with Crippen molar-refractivity contribution >= 4 is 5.90 Å². The lowest BCUT2D eigenvalue weighted by atomic mass is 9.79. The third kappa shape index (κ3) is 3.95. The Kier molecular flexibility index (Phi) is 6.37. The summed E-state index contributed by atoms with van der Waals surface area (Å²) in [5.74, 6) is 1.40. The number of aliphatic imine (C=N–C) groups is 1. The fraction of sp³-hybridized carbons (Fsp3) is 0.310. The van der Waals surface area contributed by atoms with E-state index >= 15 is 0 Å². The summed E-state index contributed by atoms with van der Waals surface area (Å²) < 4.78 is 8.43. The molecular weight excluding hydrogens is 406 g/mol. The molecule has 33 heavy (non-hydrogen) atoms. The molecule has 1 aromatic carbocycles. The highest BCUT2D eigenvalue weighted by atomic mass is 16.5. The molecule has 2 aromatic rings. The van der Waals surface area contributed by atoms with Gasteiger partial charge in [0.25, 0.3) is 0 Å². The van der Waals surface area contributed by atoms with Crippen molar-refractivity contribution in [3.05, 3.63) is 102 Å². The molecule has 2 aliphatic heterocycles. The maximum atomic E-state index is 5.99. The molecule has 3 heterocycles. The van der Waals surface area contributed by atoms with Gasteiger partial charge in [-0.1, -0.05) is 43.0 Å². The van der Waals surface area contributed by atoms with Crippen molar-refractivity contribution in [2.75, 3.05) is 14.1 Å². The van der Waals surface area contributed by atoms with E-state index in [1.807, 2.05) is 6.92 Å². The summed E-state index contributed by atoms with van der Waals surface area (Å²) in [6, 6.07) is 15.5. The van der Waals surface area contributed by atoms with Crippen LogP contribution >= 0.6 is 0 Å². The smallest absolute Gasteiger partial charge is 0.213 e. The highest BCUT2D eigenvalue weighted by Gasteiger charge is 2.43. The van der Waals surface area contributed by atoms with E-state index in [1.165, 1.54) is 22.4 Å². The summed E-state index contributed by atoms with van der Waals surface area (Å²) in [4.78, 5) is 6.38. The summed E-state index contributed by atoms with van der Waals surface area (Å²) in [6.07, 6.45) is 6.28. The summed E-state index contributed by atoms with van der Waals surface area (Å²) in [5, 5.41) is 0. The molecule has 4 rings (SSSR count). The second kappa shape index (κ2) is 9.22. The van der Waals surface area contributed by atoms with Crippen molar-refractivity contribution in [2.45, 2.75) is 45.6 Å². The number of allylic oxidation sites excluding steroid dienone is 3. The first-order valence-electron chi connectivity index (χ1n) is 11.6. The van der Waals surface area contributed by atoms with E-state index in [9.17, 15) is 0 Å². The maximum Gasteiger partial charge on any atom is 0.213 e. The van der Waals surface area contributed by atoms with Gasteiger partial charge in [-0.05, 0) is 38.0 Å². The number of ether oxygens (including phenoxy) is 1. The number of fused-ring (bicyclic) bond motifs is 6. The molecule has 0 saturated heterocycles. The van der Waals surface area contributed by atoms with Gasteiger partial charge in [-0.25, -0.2) is 0 Å². The lowest BCUT2D eigenvalue weighted by Crippen LogP contribution is -2.48. The Morgan fingerprint density at radius 2 is 1.94 bits per heavy atom. The van der Waals surface area contributed by atoms with Crippen LogP contribution in [0.4, 0.5) is 0 Å². The molecule has 0 amide bonds. The predicted molar refractivity (Wildman–Crippen MR) is 136 cm³/mol. The molecule has 1 aromatic heterocycles. The Balaban J connectivity index is 1.88. The van der Waals surface area contributed by atoms with E-state index in [-0.39, 0.29) is 12.0 Å². The van der Waals surface area contributed by atoms with E-state index in [0.717, 1.165) is 29.8 Å². The second-order valence-corrected chi connectivity index (χ2v) is 8.81. The first-order chi connectivity index (χ1) is 15.9. The maximum absolute atomic E-state index is 5.99. The Hall–Kier alpha value is -3.40. The Morgan fingerprint density at radius 1 is 1.21 bits per heavy atom. The quantitative estimate of drug-likeness (QED) is 0.237. The largest absolute Gasteiger partial charge is 0.444 e. The predicted octanol–water partition coefficient (Wildman–Crippen LogP) is 6.32. The standard InChI is InChI=1S/C29H34N3O/c1-8-25-28(21(4)33-22(5)30-6)19(2)16-17-27-29(20(3)31(25)7)24-14-10-9-13-23(24)26-15-11-12-18-32(26)27/h8-15,18,27,29H,3-4,16-17H2,1-2,5-7H3/q+1/b25-8-,28-19-,30-22?. The minimum absolute atomic E-state index is 0.168. The van der Waals surface area contributed by atoms with Gasteiger partial charge in [0.2, 0.25) is 5.69 Å². The molecule has 170 valence electrons. The SMILES string of the molecule is C=C(OC(C)=NC)/C1=C(\C)CCC2C(C(=C)N(C)\C1=C/C)c1ccccc1-c1cccc[n+]12. The first kappa shape index (κ1) is 22.8. The van der Waals surface area contributed by atoms with E-state index in [1.54, 1.807) is 7.05 Å². The van der Waals surface area contributed by atoms with Crippen molar-refractivity contribution < 1.29 is 9.30 Å². The monoisotopic (exact) mass is 440 g/mol. The Bertz CT molecular complexity index is 1200. The van der Waals surface area contributed by atoms with E-state index in [4.69, 9.17) is 4.74 Å². The van der Waals surface area contributed by atoms with E-state index in [2.05, 4.69) is 103 Å². The number of nitrogens with zero attached hydrogens (tertiary/aromatic N) is 3. The molecule has 2 aliphatic rings. The van der Waals surface area contributed by atoms with Gasteiger partial charge in [0.05, 0.1) is 11.5 Å². The minimum Gasteiger partial charge on any atom is -0.444 e. The van der Waals surface area contributed by atoms with E-state index < -0.39 is 0 Å². The lowest BCUT2D eigenvalue weighted by Gasteiger charge is -2.36. The van der Waals surface area contributed by atoms with Gasteiger partial charge in [-0.3, -0.25) is 4.99 Å². The van der Waals surface area contributed by atoms with Crippen LogP contribution in [0.1, 0.15) is 51.1 Å². The van der Waals surface area contributed by atoms with Gasteiger partial charge in [0.15, 0.2) is 18.1 Å². The fourth-order valence-corrected chi connectivity index (χ4v) is 5.28. The van der Waals surface area contributed by atoms with Gasteiger partial charge in [-0.15, -0.1) is 0 Å². The van der Waals surface area contributed by atoms with Crippen molar-refractivity contribution in [3.8, 4) is 11.3 Å². The molecule has 0 spiro atoms. The van der Waals surface area contributed by atoms with Gasteiger partial charge < -0.3 is 9.64 Å². The van der Waals surface area contributed by atoms with E-state index in [0.29, 0.717) is 11.7 Å². The number of benzene rings is 1. The van der Waals surface area contributed by atoms with Crippen molar-refractivity contribution in [2.24, 2.45) is 4.99 Å². The Morgan fingerprint density at radius 3 is 2.67 bits per heavy atom. The van der Waals surface area contributed by atoms with Crippen LogP contribution in [0.25, 0.3) is 11.3 Å². The summed E-state index contributed by atoms with van der Waals surface area (Å²) >= 11 is 0. The molecule has 2 unspecified atom stereocenters. The average Bonchev–Trinajstić information content (AvgIpc) is 2.87. The zero-order valence-corrected chi connectivity index (χ0v) is 20.4. The number of rotatable bonds is 2. The van der Waals surface area contributed by atoms with Crippen LogP contribution in [0.3, 0.4) is 0 Å². The molecular formula is C29H34N3O+. The van der Waals surface area contributed by atoms with Crippen LogP contribution in [0.2, 0.25) is 0 Å². The summed E-state index contributed by atoms with van der Waals surface area (Å²) in [5.41, 5.74) is 8.31. The third-order valence-corrected chi connectivity index (χ3v) is 6.99. The topological polar surface area (TPSA) is 28.7 Å². The van der Waals surface area contributed by atoms with Crippen LogP contribution in [0.15, 0.2) is 101 Å². The molecule has 0 fully saturated rings. The normalized spacial score (nSPS) is 24.3. The molecule has 0 radical (unpaired) electrons. The Labute approximate surface area is 197 Å². The highest BCUT2D eigenvalue weighted by molar-refractivity contribution is 5.75. The molecule has 0 bridgehead atoms. The molecule has 4 heteroatoms. The average molecular weight is 441 g/mol.